The summed E-state index contributed by atoms with van der Waals surface area (Å²) < 4.78 is 1.96. The molecule has 0 fully saturated rings. The van der Waals surface area contributed by atoms with Crippen LogP contribution in [0.5, 0.6) is 0 Å². The van der Waals surface area contributed by atoms with Gasteiger partial charge in [-0.2, -0.15) is 0 Å². The summed E-state index contributed by atoms with van der Waals surface area (Å²) in [6.07, 6.45) is 4.51. The number of rotatable bonds is 3. The highest BCUT2D eigenvalue weighted by Gasteiger charge is 2.12. The second kappa shape index (κ2) is 4.50. The van der Waals surface area contributed by atoms with Gasteiger partial charge in [-0.25, -0.2) is 20.8 Å². The third kappa shape index (κ3) is 1.99. The maximum atomic E-state index is 5.45. The minimum atomic E-state index is 0.642. The molecule has 90 valence electrons. The van der Waals surface area contributed by atoms with Gasteiger partial charge in [0.1, 0.15) is 23.3 Å². The van der Waals surface area contributed by atoms with Gasteiger partial charge in [0.25, 0.3) is 0 Å². The number of nitrogens with two attached hydrogens (primary N) is 1. The number of imidazole rings is 1. The molecule has 6 nitrogen and oxygen atoms in total. The number of hydrazine groups is 1. The lowest BCUT2D eigenvalue weighted by Gasteiger charge is -2.12. The van der Waals surface area contributed by atoms with Crippen LogP contribution in [0, 0.1) is 13.8 Å². The fourth-order valence-corrected chi connectivity index (χ4v) is 1.78. The Kier molecular flexibility index (Phi) is 3.06. The van der Waals surface area contributed by atoms with Crippen molar-refractivity contribution in [2.45, 2.75) is 27.2 Å². The minimum Gasteiger partial charge on any atom is -0.308 e. The molecule has 0 radical (unpaired) electrons. The zero-order valence-corrected chi connectivity index (χ0v) is 10.2. The molecule has 0 aliphatic carbocycles. The van der Waals surface area contributed by atoms with Gasteiger partial charge in [-0.05, 0) is 13.8 Å². The van der Waals surface area contributed by atoms with Crippen LogP contribution in [0.2, 0.25) is 0 Å². The Morgan fingerprint density at radius 2 is 2.12 bits per heavy atom. The van der Waals surface area contributed by atoms with E-state index in [2.05, 4.69) is 27.3 Å². The number of aryl methyl sites for hydroxylation is 2. The molecule has 6 heteroatoms. The van der Waals surface area contributed by atoms with Crippen LogP contribution >= 0.6 is 0 Å². The largest absolute Gasteiger partial charge is 0.308 e. The Morgan fingerprint density at radius 1 is 1.35 bits per heavy atom. The van der Waals surface area contributed by atoms with Crippen LogP contribution in [0.1, 0.15) is 24.1 Å². The van der Waals surface area contributed by atoms with E-state index in [1.807, 2.05) is 24.6 Å². The van der Waals surface area contributed by atoms with E-state index in [-0.39, 0.29) is 0 Å². The summed E-state index contributed by atoms with van der Waals surface area (Å²) >= 11 is 0. The highest BCUT2D eigenvalue weighted by Crippen LogP contribution is 2.19. The van der Waals surface area contributed by atoms with E-state index in [9.17, 15) is 0 Å². The number of nitrogens with zero attached hydrogens (tertiary/aromatic N) is 4. The van der Waals surface area contributed by atoms with Gasteiger partial charge < -0.3 is 5.43 Å². The molecule has 3 N–H and O–H groups in total. The topological polar surface area (TPSA) is 81.7 Å². The highest BCUT2D eigenvalue weighted by molar-refractivity contribution is 5.51. The summed E-state index contributed by atoms with van der Waals surface area (Å²) in [5, 5.41) is 0. The SMILES string of the molecule is CCc1nccn1-c1nc(C)nc(NN)c1C. The Labute approximate surface area is 99.9 Å². The first kappa shape index (κ1) is 11.5. The molecular weight excluding hydrogens is 216 g/mol. The van der Waals surface area contributed by atoms with Gasteiger partial charge in [0, 0.05) is 24.4 Å². The van der Waals surface area contributed by atoms with Crippen molar-refractivity contribution in [3.63, 3.8) is 0 Å². The van der Waals surface area contributed by atoms with E-state index in [4.69, 9.17) is 5.84 Å². The van der Waals surface area contributed by atoms with Gasteiger partial charge in [0.2, 0.25) is 0 Å². The third-order valence-corrected chi connectivity index (χ3v) is 2.63. The van der Waals surface area contributed by atoms with Crippen molar-refractivity contribution >= 4 is 5.82 Å². The molecule has 2 rings (SSSR count). The van der Waals surface area contributed by atoms with Crippen LogP contribution in [0.3, 0.4) is 0 Å². The first-order valence-corrected chi connectivity index (χ1v) is 5.51. The number of anilines is 1. The van der Waals surface area contributed by atoms with E-state index in [1.165, 1.54) is 0 Å². The van der Waals surface area contributed by atoms with Crippen LogP contribution in [-0.2, 0) is 6.42 Å². The molecule has 2 heterocycles. The van der Waals surface area contributed by atoms with E-state index in [0.29, 0.717) is 11.6 Å². The minimum absolute atomic E-state index is 0.642. The molecule has 0 atom stereocenters. The fourth-order valence-electron chi connectivity index (χ4n) is 1.78. The molecule has 0 saturated carbocycles. The lowest BCUT2D eigenvalue weighted by molar-refractivity contribution is 0.842. The van der Waals surface area contributed by atoms with E-state index < -0.39 is 0 Å². The molecule has 0 unspecified atom stereocenters. The third-order valence-electron chi connectivity index (χ3n) is 2.63. The molecule has 17 heavy (non-hydrogen) atoms. The van der Waals surface area contributed by atoms with Crippen LogP contribution in [0.25, 0.3) is 5.82 Å². The first-order chi connectivity index (χ1) is 8.17. The van der Waals surface area contributed by atoms with Crippen molar-refractivity contribution in [2.75, 3.05) is 5.43 Å². The Balaban J connectivity index is 2.63. The van der Waals surface area contributed by atoms with E-state index >= 15 is 0 Å². The average molecular weight is 232 g/mol. The first-order valence-electron chi connectivity index (χ1n) is 5.51. The summed E-state index contributed by atoms with van der Waals surface area (Å²) in [6.45, 7) is 5.83. The van der Waals surface area contributed by atoms with E-state index in [0.717, 1.165) is 23.6 Å². The van der Waals surface area contributed by atoms with Crippen molar-refractivity contribution in [2.24, 2.45) is 5.84 Å². The quantitative estimate of drug-likeness (QED) is 0.612. The van der Waals surface area contributed by atoms with Crippen molar-refractivity contribution in [1.29, 1.82) is 0 Å². The normalized spacial score (nSPS) is 10.6. The molecule has 0 aliphatic heterocycles. The lowest BCUT2D eigenvalue weighted by atomic mass is 10.3. The second-order valence-electron chi connectivity index (χ2n) is 3.78. The van der Waals surface area contributed by atoms with Crippen molar-refractivity contribution in [1.82, 2.24) is 19.5 Å². The number of nitrogen functional groups attached to an aromatic ring is 1. The molecule has 0 spiro atoms. The zero-order valence-electron chi connectivity index (χ0n) is 10.2. The molecule has 0 aromatic carbocycles. The van der Waals surface area contributed by atoms with Crippen molar-refractivity contribution in [3.8, 4) is 5.82 Å². The summed E-state index contributed by atoms with van der Waals surface area (Å²) in [5.74, 6) is 8.55. The van der Waals surface area contributed by atoms with Crippen molar-refractivity contribution in [3.05, 3.63) is 29.6 Å². The Hall–Kier alpha value is -1.95. The highest BCUT2D eigenvalue weighted by atomic mass is 15.3. The predicted octanol–water partition coefficient (Wildman–Crippen LogP) is 1.13. The summed E-state index contributed by atoms with van der Waals surface area (Å²) in [6, 6.07) is 0. The zero-order chi connectivity index (χ0) is 12.4. The standard InChI is InChI=1S/C11H16N6/c1-4-9-13-5-6-17(9)11-7(2)10(16-12)14-8(3)15-11/h5-6H,4,12H2,1-3H3,(H,14,15,16). The summed E-state index contributed by atoms with van der Waals surface area (Å²) in [5.41, 5.74) is 3.50. The van der Waals surface area contributed by atoms with E-state index in [1.54, 1.807) is 6.20 Å². The summed E-state index contributed by atoms with van der Waals surface area (Å²) in [7, 11) is 0. The van der Waals surface area contributed by atoms with Gasteiger partial charge in [-0.15, -0.1) is 0 Å². The van der Waals surface area contributed by atoms with Crippen LogP contribution < -0.4 is 11.3 Å². The molecule has 2 aromatic heterocycles. The molecule has 2 aromatic rings. The van der Waals surface area contributed by atoms with Gasteiger partial charge in [-0.1, -0.05) is 6.92 Å². The number of nitrogens with one attached hydrogen (secondary N) is 1. The molecule has 0 bridgehead atoms. The molecule has 0 amide bonds. The smallest absolute Gasteiger partial charge is 0.148 e. The van der Waals surface area contributed by atoms with Crippen LogP contribution in [-0.4, -0.2) is 19.5 Å². The monoisotopic (exact) mass is 232 g/mol. The van der Waals surface area contributed by atoms with Gasteiger partial charge in [-0.3, -0.25) is 4.57 Å². The van der Waals surface area contributed by atoms with Gasteiger partial charge >= 0.3 is 0 Å². The van der Waals surface area contributed by atoms with Crippen LogP contribution in [0.4, 0.5) is 5.82 Å². The van der Waals surface area contributed by atoms with Crippen molar-refractivity contribution < 1.29 is 0 Å². The van der Waals surface area contributed by atoms with Gasteiger partial charge in [0.15, 0.2) is 0 Å². The fraction of sp³-hybridized carbons (Fsp3) is 0.364. The molecular formula is C11H16N6. The maximum Gasteiger partial charge on any atom is 0.148 e. The average Bonchev–Trinajstić information content (AvgIpc) is 2.79. The predicted molar refractivity (Wildman–Crippen MR) is 65.8 cm³/mol. The Morgan fingerprint density at radius 3 is 2.76 bits per heavy atom. The number of hydrogen-bond donors (Lipinski definition) is 2. The maximum absolute atomic E-state index is 5.45. The number of hydrogen-bond acceptors (Lipinski definition) is 5. The number of aromatic nitrogens is 4. The molecule has 0 saturated heterocycles. The van der Waals surface area contributed by atoms with Crippen LogP contribution in [0.15, 0.2) is 12.4 Å². The molecule has 0 aliphatic rings. The second-order valence-corrected chi connectivity index (χ2v) is 3.78. The Bertz CT molecular complexity index is 531. The summed E-state index contributed by atoms with van der Waals surface area (Å²) in [4.78, 5) is 13.0. The van der Waals surface area contributed by atoms with Gasteiger partial charge in [0.05, 0.1) is 0 Å². The lowest BCUT2D eigenvalue weighted by Crippen LogP contribution is -2.14.